The first kappa shape index (κ1) is 31.4. The van der Waals surface area contributed by atoms with Crippen molar-refractivity contribution in [2.45, 2.75) is 130 Å². The van der Waals surface area contributed by atoms with E-state index in [-0.39, 0.29) is 23.4 Å². The molecule has 3 N–H and O–H groups in total. The van der Waals surface area contributed by atoms with Gasteiger partial charge in [-0.05, 0) is 57.6 Å². The third kappa shape index (κ3) is 7.12. The first-order chi connectivity index (χ1) is 17.7. The number of ketones is 1. The zero-order valence-corrected chi connectivity index (χ0v) is 25.3. The first-order valence-electron chi connectivity index (χ1n) is 14.2. The Morgan fingerprint density at radius 2 is 1.92 bits per heavy atom. The Hall–Kier alpha value is -1.16. The first-order valence-corrected chi connectivity index (χ1v) is 15.1. The fraction of sp³-hybridized carbons (Fsp3) is 0.800. The Bertz CT molecular complexity index is 976. The van der Waals surface area contributed by atoms with E-state index in [9.17, 15) is 20.1 Å². The molecule has 9 atom stereocenters. The highest BCUT2D eigenvalue weighted by molar-refractivity contribution is 7.09. The molecule has 2 fully saturated rings. The van der Waals surface area contributed by atoms with Crippen molar-refractivity contribution in [1.29, 1.82) is 0 Å². The lowest BCUT2D eigenvalue weighted by Crippen LogP contribution is -2.50. The molecule has 0 radical (unpaired) electrons. The van der Waals surface area contributed by atoms with E-state index in [0.29, 0.717) is 19.3 Å². The molecule has 0 saturated carbocycles. The van der Waals surface area contributed by atoms with E-state index >= 15 is 0 Å². The molecule has 7 nitrogen and oxygen atoms in total. The van der Waals surface area contributed by atoms with Gasteiger partial charge in [0.05, 0.1) is 46.1 Å². The average Bonchev–Trinajstić information content (AvgIpc) is 3.30. The standard InChI is InChI=1S/C30H49NO6S/c1-9-11-22-27(34)29(6,7)26(33)19(4)25(32)17(2)12-10-13-30(8)24(37-30)15-23(36-28(22)35)18(3)14-21-16-38-20(5)31-21/h14,16-17,19,22-25,27-28,32,34-35H,9-13,15H2,1-8H3/b18-14+/t17-,19+,22?,23-,24-,25-,27-,28-,30+/m0/s1. The zero-order chi connectivity index (χ0) is 28.4. The maximum atomic E-state index is 13.6. The lowest BCUT2D eigenvalue weighted by molar-refractivity contribution is -0.195. The Morgan fingerprint density at radius 3 is 2.53 bits per heavy atom. The van der Waals surface area contributed by atoms with Gasteiger partial charge < -0.3 is 24.8 Å². The SMILES string of the molecule is CCCC1[C@@H](O)O[C@H](/C(C)=C/c2csc(C)n2)C[C@@H]2O[C@]2(C)CCC[C@H](C)[C@H](O)[C@@H](C)C(=O)C(C)(C)[C@H]1O. The molecule has 2 aliphatic heterocycles. The molecule has 2 aliphatic rings. The summed E-state index contributed by atoms with van der Waals surface area (Å²) < 4.78 is 12.5. The largest absolute Gasteiger partial charge is 0.392 e. The number of Topliss-reactive ketones (excluding diaryl/α,β-unsaturated/α-hetero) is 1. The van der Waals surface area contributed by atoms with Gasteiger partial charge in [-0.15, -0.1) is 11.3 Å². The predicted molar refractivity (Wildman–Crippen MR) is 151 cm³/mol. The Balaban J connectivity index is 1.96. The van der Waals surface area contributed by atoms with E-state index in [1.54, 1.807) is 32.1 Å². The molecule has 8 heteroatoms. The molecule has 0 amide bonds. The monoisotopic (exact) mass is 551 g/mol. The van der Waals surface area contributed by atoms with Crippen LogP contribution in [-0.4, -0.2) is 62.4 Å². The summed E-state index contributed by atoms with van der Waals surface area (Å²) in [5.74, 6) is -1.57. The quantitative estimate of drug-likeness (QED) is 0.436. The van der Waals surface area contributed by atoms with Gasteiger partial charge in [-0.1, -0.05) is 47.5 Å². The van der Waals surface area contributed by atoms with Crippen LogP contribution in [0.2, 0.25) is 0 Å². The fourth-order valence-electron chi connectivity index (χ4n) is 6.04. The lowest BCUT2D eigenvalue weighted by Gasteiger charge is -2.40. The molecule has 1 unspecified atom stereocenters. The maximum Gasteiger partial charge on any atom is 0.160 e. The number of aliphatic hydroxyl groups excluding tert-OH is 3. The second-order valence-corrected chi connectivity index (χ2v) is 13.5. The molecule has 2 saturated heterocycles. The third-order valence-electron chi connectivity index (χ3n) is 8.90. The summed E-state index contributed by atoms with van der Waals surface area (Å²) in [5.41, 5.74) is 0.335. The van der Waals surface area contributed by atoms with Crippen LogP contribution in [-0.2, 0) is 14.3 Å². The van der Waals surface area contributed by atoms with Gasteiger partial charge in [0.25, 0.3) is 0 Å². The van der Waals surface area contributed by atoms with Crippen LogP contribution < -0.4 is 0 Å². The number of aromatic nitrogens is 1. The highest BCUT2D eigenvalue weighted by Gasteiger charge is 2.53. The van der Waals surface area contributed by atoms with E-state index in [1.165, 1.54) is 0 Å². The van der Waals surface area contributed by atoms with Gasteiger partial charge in [0.2, 0.25) is 0 Å². The van der Waals surface area contributed by atoms with Gasteiger partial charge in [-0.2, -0.15) is 0 Å². The molecular formula is C30H49NO6S. The average molecular weight is 552 g/mol. The van der Waals surface area contributed by atoms with E-state index in [4.69, 9.17) is 9.47 Å². The number of hydrogen-bond acceptors (Lipinski definition) is 8. The Morgan fingerprint density at radius 1 is 1.24 bits per heavy atom. The highest BCUT2D eigenvalue weighted by atomic mass is 32.1. The summed E-state index contributed by atoms with van der Waals surface area (Å²) in [6.07, 6.45) is 2.60. The number of thiazole rings is 1. The number of aliphatic hydroxyl groups is 3. The summed E-state index contributed by atoms with van der Waals surface area (Å²) in [5, 5.41) is 36.9. The van der Waals surface area contributed by atoms with Crippen molar-refractivity contribution in [2.24, 2.45) is 23.2 Å². The molecule has 3 heterocycles. The van der Waals surface area contributed by atoms with Crippen molar-refractivity contribution < 1.29 is 29.6 Å². The van der Waals surface area contributed by atoms with Gasteiger partial charge in [-0.3, -0.25) is 4.79 Å². The van der Waals surface area contributed by atoms with Crippen molar-refractivity contribution >= 4 is 23.2 Å². The number of rotatable bonds is 4. The number of carbonyl (C=O) groups excluding carboxylic acids is 1. The number of ether oxygens (including phenoxy) is 2. The normalized spacial score (nSPS) is 39.6. The number of carbonyl (C=O) groups is 1. The van der Waals surface area contributed by atoms with Gasteiger partial charge in [0.1, 0.15) is 5.78 Å². The smallest absolute Gasteiger partial charge is 0.160 e. The number of fused-ring (bicyclic) bond motifs is 1. The number of epoxide rings is 1. The number of aryl methyl sites for hydroxylation is 1. The van der Waals surface area contributed by atoms with Crippen molar-refractivity contribution in [3.63, 3.8) is 0 Å². The van der Waals surface area contributed by atoms with Crippen molar-refractivity contribution in [2.75, 3.05) is 0 Å². The van der Waals surface area contributed by atoms with E-state index in [2.05, 4.69) is 11.9 Å². The second kappa shape index (κ2) is 12.6. The van der Waals surface area contributed by atoms with Crippen LogP contribution in [0.3, 0.4) is 0 Å². The van der Waals surface area contributed by atoms with Crippen LogP contribution in [0.1, 0.15) is 97.7 Å². The molecule has 1 aromatic heterocycles. The fourth-order valence-corrected chi connectivity index (χ4v) is 6.61. The van der Waals surface area contributed by atoms with E-state index in [1.807, 2.05) is 39.2 Å². The van der Waals surface area contributed by atoms with Crippen LogP contribution in [0.5, 0.6) is 0 Å². The summed E-state index contributed by atoms with van der Waals surface area (Å²) in [6.45, 7) is 15.2. The predicted octanol–water partition coefficient (Wildman–Crippen LogP) is 5.30. The third-order valence-corrected chi connectivity index (χ3v) is 9.69. The minimum Gasteiger partial charge on any atom is -0.392 e. The molecule has 0 bridgehead atoms. The minimum atomic E-state index is -1.28. The van der Waals surface area contributed by atoms with Crippen LogP contribution in [0.4, 0.5) is 0 Å². The molecule has 216 valence electrons. The van der Waals surface area contributed by atoms with Gasteiger partial charge in [0, 0.05) is 23.6 Å². The van der Waals surface area contributed by atoms with Crippen LogP contribution in [0, 0.1) is 30.1 Å². The summed E-state index contributed by atoms with van der Waals surface area (Å²) in [7, 11) is 0. The van der Waals surface area contributed by atoms with Crippen LogP contribution >= 0.6 is 11.3 Å². The van der Waals surface area contributed by atoms with Gasteiger partial charge in [-0.25, -0.2) is 4.98 Å². The lowest BCUT2D eigenvalue weighted by atomic mass is 9.69. The van der Waals surface area contributed by atoms with Gasteiger partial charge >= 0.3 is 0 Å². The van der Waals surface area contributed by atoms with Crippen molar-refractivity contribution in [3.8, 4) is 0 Å². The molecular weight excluding hydrogens is 502 g/mol. The Labute approximate surface area is 232 Å². The molecule has 3 rings (SSSR count). The van der Waals surface area contributed by atoms with Gasteiger partial charge in [0.15, 0.2) is 6.29 Å². The molecule has 0 aromatic carbocycles. The summed E-state index contributed by atoms with van der Waals surface area (Å²) in [6, 6.07) is 0. The zero-order valence-electron chi connectivity index (χ0n) is 24.4. The van der Waals surface area contributed by atoms with E-state index in [0.717, 1.165) is 35.5 Å². The Kier molecular flexibility index (Phi) is 10.4. The summed E-state index contributed by atoms with van der Waals surface area (Å²) >= 11 is 1.58. The van der Waals surface area contributed by atoms with Crippen LogP contribution in [0.25, 0.3) is 6.08 Å². The molecule has 1 aromatic rings. The minimum absolute atomic E-state index is 0.0140. The van der Waals surface area contributed by atoms with Crippen molar-refractivity contribution in [1.82, 2.24) is 4.98 Å². The topological polar surface area (TPSA) is 112 Å². The molecule has 0 aliphatic carbocycles. The van der Waals surface area contributed by atoms with E-state index < -0.39 is 41.9 Å². The summed E-state index contributed by atoms with van der Waals surface area (Å²) in [4.78, 5) is 18.1. The highest BCUT2D eigenvalue weighted by Crippen LogP contribution is 2.45. The van der Waals surface area contributed by atoms with Crippen LogP contribution in [0.15, 0.2) is 11.0 Å². The van der Waals surface area contributed by atoms with Crippen molar-refractivity contribution in [3.05, 3.63) is 21.7 Å². The molecule has 38 heavy (non-hydrogen) atoms. The maximum absolute atomic E-state index is 13.6. The molecule has 0 spiro atoms. The second-order valence-electron chi connectivity index (χ2n) is 12.5. The number of nitrogens with zero attached hydrogens (tertiary/aromatic N) is 1. The number of hydrogen-bond donors (Lipinski definition) is 3.